The second-order valence-electron chi connectivity index (χ2n) is 4.51. The second kappa shape index (κ2) is 6.78. The molecule has 2 aromatic rings. The fraction of sp³-hybridized carbons (Fsp3) is 0.429. The van der Waals surface area contributed by atoms with Gasteiger partial charge in [-0.15, -0.1) is 0 Å². The monoisotopic (exact) mass is 259 g/mol. The molecule has 0 aromatic carbocycles. The van der Waals surface area contributed by atoms with Crippen LogP contribution in [0.5, 0.6) is 0 Å². The van der Waals surface area contributed by atoms with Gasteiger partial charge in [-0.3, -0.25) is 4.68 Å². The molecule has 5 nitrogen and oxygen atoms in total. The minimum atomic E-state index is 0.869. The first-order valence-corrected chi connectivity index (χ1v) is 6.70. The van der Waals surface area contributed by atoms with E-state index in [1.807, 2.05) is 42.3 Å². The van der Waals surface area contributed by atoms with Gasteiger partial charge in [0.1, 0.15) is 5.82 Å². The number of hydrogen-bond donors (Lipinski definition) is 2. The van der Waals surface area contributed by atoms with E-state index in [0.717, 1.165) is 43.1 Å². The van der Waals surface area contributed by atoms with E-state index < -0.39 is 0 Å². The molecule has 0 unspecified atom stereocenters. The third-order valence-electron chi connectivity index (χ3n) is 2.80. The zero-order valence-electron chi connectivity index (χ0n) is 11.6. The Hall–Kier alpha value is -2.04. The highest BCUT2D eigenvalue weighted by Gasteiger charge is 1.98. The summed E-state index contributed by atoms with van der Waals surface area (Å²) in [5, 5.41) is 11.0. The van der Waals surface area contributed by atoms with Crippen LogP contribution in [0.3, 0.4) is 0 Å². The summed E-state index contributed by atoms with van der Waals surface area (Å²) >= 11 is 0. The molecular formula is C14H21N5. The first-order valence-electron chi connectivity index (χ1n) is 6.70. The van der Waals surface area contributed by atoms with Gasteiger partial charge in [-0.25, -0.2) is 4.98 Å². The van der Waals surface area contributed by atoms with Crippen molar-refractivity contribution in [1.29, 1.82) is 0 Å². The van der Waals surface area contributed by atoms with Gasteiger partial charge in [0.25, 0.3) is 0 Å². The van der Waals surface area contributed by atoms with Crippen molar-refractivity contribution < 1.29 is 0 Å². The Balaban J connectivity index is 1.82. The molecule has 0 bridgehead atoms. The second-order valence-corrected chi connectivity index (χ2v) is 4.51. The van der Waals surface area contributed by atoms with E-state index >= 15 is 0 Å². The molecule has 0 atom stereocenters. The summed E-state index contributed by atoms with van der Waals surface area (Å²) in [4.78, 5) is 4.28. The SMILES string of the molecule is CCCNc1cc(NCCc2ccn(C)n2)ccn1. The maximum absolute atomic E-state index is 4.35. The molecule has 0 aliphatic rings. The van der Waals surface area contributed by atoms with Crippen LogP contribution in [0.4, 0.5) is 11.5 Å². The van der Waals surface area contributed by atoms with Crippen molar-refractivity contribution in [2.24, 2.45) is 7.05 Å². The summed E-state index contributed by atoms with van der Waals surface area (Å²) in [6.07, 6.45) is 5.80. The normalized spacial score (nSPS) is 10.4. The molecule has 0 amide bonds. The fourth-order valence-electron chi connectivity index (χ4n) is 1.82. The molecule has 0 aliphatic carbocycles. The molecule has 0 saturated heterocycles. The Labute approximate surface area is 114 Å². The van der Waals surface area contributed by atoms with Crippen LogP contribution >= 0.6 is 0 Å². The summed E-state index contributed by atoms with van der Waals surface area (Å²) in [5.41, 5.74) is 2.19. The van der Waals surface area contributed by atoms with E-state index in [2.05, 4.69) is 27.6 Å². The van der Waals surface area contributed by atoms with E-state index in [0.29, 0.717) is 0 Å². The summed E-state index contributed by atoms with van der Waals surface area (Å²) in [6.45, 7) is 3.96. The van der Waals surface area contributed by atoms with Crippen molar-refractivity contribution in [1.82, 2.24) is 14.8 Å². The van der Waals surface area contributed by atoms with Crippen LogP contribution in [-0.4, -0.2) is 27.9 Å². The minimum absolute atomic E-state index is 0.869. The number of pyridine rings is 1. The van der Waals surface area contributed by atoms with E-state index in [1.165, 1.54) is 0 Å². The van der Waals surface area contributed by atoms with Gasteiger partial charge >= 0.3 is 0 Å². The number of hydrogen-bond acceptors (Lipinski definition) is 4. The number of nitrogens with zero attached hydrogens (tertiary/aromatic N) is 3. The highest BCUT2D eigenvalue weighted by atomic mass is 15.2. The molecule has 2 rings (SSSR count). The van der Waals surface area contributed by atoms with Gasteiger partial charge in [0.05, 0.1) is 5.69 Å². The number of aryl methyl sites for hydroxylation is 1. The predicted octanol–water partition coefficient (Wildman–Crippen LogP) is 2.29. The fourth-order valence-corrected chi connectivity index (χ4v) is 1.82. The quantitative estimate of drug-likeness (QED) is 0.801. The molecule has 0 fully saturated rings. The first-order chi connectivity index (χ1) is 9.28. The number of rotatable bonds is 7. The maximum atomic E-state index is 4.35. The molecule has 19 heavy (non-hydrogen) atoms. The van der Waals surface area contributed by atoms with Gasteiger partial charge in [-0.2, -0.15) is 5.10 Å². The minimum Gasteiger partial charge on any atom is -0.384 e. The van der Waals surface area contributed by atoms with Crippen LogP contribution in [0.15, 0.2) is 30.6 Å². The lowest BCUT2D eigenvalue weighted by Crippen LogP contribution is -2.07. The van der Waals surface area contributed by atoms with Crippen molar-refractivity contribution in [3.05, 3.63) is 36.3 Å². The van der Waals surface area contributed by atoms with Crippen molar-refractivity contribution in [2.45, 2.75) is 19.8 Å². The zero-order chi connectivity index (χ0) is 13.5. The molecule has 102 valence electrons. The highest BCUT2D eigenvalue weighted by Crippen LogP contribution is 2.11. The topological polar surface area (TPSA) is 54.8 Å². The molecule has 2 heterocycles. The van der Waals surface area contributed by atoms with Gasteiger partial charge < -0.3 is 10.6 Å². The lowest BCUT2D eigenvalue weighted by molar-refractivity contribution is 0.742. The summed E-state index contributed by atoms with van der Waals surface area (Å²) in [7, 11) is 1.94. The number of nitrogens with one attached hydrogen (secondary N) is 2. The van der Waals surface area contributed by atoms with Crippen molar-refractivity contribution in [2.75, 3.05) is 23.7 Å². The molecule has 0 spiro atoms. The van der Waals surface area contributed by atoms with Crippen LogP contribution in [-0.2, 0) is 13.5 Å². The molecule has 0 radical (unpaired) electrons. The summed E-state index contributed by atoms with van der Waals surface area (Å²) in [6, 6.07) is 6.06. The van der Waals surface area contributed by atoms with Crippen LogP contribution < -0.4 is 10.6 Å². The Morgan fingerprint density at radius 1 is 1.21 bits per heavy atom. The molecule has 5 heteroatoms. The molecule has 2 aromatic heterocycles. The Kier molecular flexibility index (Phi) is 4.78. The Morgan fingerprint density at radius 3 is 2.84 bits per heavy atom. The molecular weight excluding hydrogens is 238 g/mol. The van der Waals surface area contributed by atoms with E-state index in [-0.39, 0.29) is 0 Å². The smallest absolute Gasteiger partial charge is 0.127 e. The standard InChI is InChI=1S/C14H21N5/c1-3-7-16-14-11-13(5-9-17-14)15-8-4-12-6-10-19(2)18-12/h5-6,9-11H,3-4,7-8H2,1-2H3,(H2,15,16,17). The molecule has 0 aliphatic heterocycles. The average molecular weight is 259 g/mol. The van der Waals surface area contributed by atoms with Crippen LogP contribution in [0, 0.1) is 0 Å². The molecule has 2 N–H and O–H groups in total. The predicted molar refractivity (Wildman–Crippen MR) is 78.4 cm³/mol. The Morgan fingerprint density at radius 2 is 2.11 bits per heavy atom. The molecule has 0 saturated carbocycles. The summed E-state index contributed by atoms with van der Waals surface area (Å²) < 4.78 is 1.83. The highest BCUT2D eigenvalue weighted by molar-refractivity contribution is 5.51. The van der Waals surface area contributed by atoms with Crippen molar-refractivity contribution in [3.8, 4) is 0 Å². The lowest BCUT2D eigenvalue weighted by atomic mass is 10.3. The van der Waals surface area contributed by atoms with E-state index in [1.54, 1.807) is 0 Å². The number of aromatic nitrogens is 3. The summed E-state index contributed by atoms with van der Waals surface area (Å²) in [5.74, 6) is 0.921. The zero-order valence-corrected chi connectivity index (χ0v) is 11.6. The third-order valence-corrected chi connectivity index (χ3v) is 2.80. The van der Waals surface area contributed by atoms with E-state index in [9.17, 15) is 0 Å². The van der Waals surface area contributed by atoms with Gasteiger partial charge in [0, 0.05) is 50.7 Å². The van der Waals surface area contributed by atoms with Crippen molar-refractivity contribution >= 4 is 11.5 Å². The van der Waals surface area contributed by atoms with Crippen LogP contribution in [0.1, 0.15) is 19.0 Å². The van der Waals surface area contributed by atoms with Crippen LogP contribution in [0.2, 0.25) is 0 Å². The average Bonchev–Trinajstić information content (AvgIpc) is 2.83. The maximum Gasteiger partial charge on any atom is 0.127 e. The lowest BCUT2D eigenvalue weighted by Gasteiger charge is -2.08. The van der Waals surface area contributed by atoms with Crippen molar-refractivity contribution in [3.63, 3.8) is 0 Å². The first kappa shape index (κ1) is 13.4. The van der Waals surface area contributed by atoms with Gasteiger partial charge in [0.15, 0.2) is 0 Å². The number of anilines is 2. The van der Waals surface area contributed by atoms with Crippen LogP contribution in [0.25, 0.3) is 0 Å². The van der Waals surface area contributed by atoms with Gasteiger partial charge in [-0.05, 0) is 18.6 Å². The van der Waals surface area contributed by atoms with E-state index in [4.69, 9.17) is 0 Å². The van der Waals surface area contributed by atoms with Gasteiger partial charge in [-0.1, -0.05) is 6.92 Å². The third kappa shape index (κ3) is 4.28. The largest absolute Gasteiger partial charge is 0.384 e. The Bertz CT molecular complexity index is 506. The van der Waals surface area contributed by atoms with Gasteiger partial charge in [0.2, 0.25) is 0 Å².